The average molecular weight is 356 g/mol. The molecule has 7 nitrogen and oxygen atoms in total. The van der Waals surface area contributed by atoms with Crippen molar-refractivity contribution in [2.45, 2.75) is 17.9 Å². The summed E-state index contributed by atoms with van der Waals surface area (Å²) in [6.45, 7) is 2.62. The summed E-state index contributed by atoms with van der Waals surface area (Å²) in [6.07, 6.45) is 0. The van der Waals surface area contributed by atoms with Gasteiger partial charge in [-0.05, 0) is 13.0 Å². The molecule has 1 aliphatic heterocycles. The molecule has 21 heavy (non-hydrogen) atoms. The van der Waals surface area contributed by atoms with Crippen molar-refractivity contribution < 1.29 is 13.3 Å². The van der Waals surface area contributed by atoms with Crippen molar-refractivity contribution >= 4 is 39.7 Å². The van der Waals surface area contributed by atoms with Crippen LogP contribution in [-0.4, -0.2) is 43.8 Å². The summed E-state index contributed by atoms with van der Waals surface area (Å²) in [7, 11) is -2.33. The molecular weight excluding hydrogens is 341 g/mol. The number of hydrogen-bond acceptors (Lipinski definition) is 5. The van der Waals surface area contributed by atoms with E-state index >= 15 is 0 Å². The lowest BCUT2D eigenvalue weighted by molar-refractivity contribution is -0.385. The van der Waals surface area contributed by atoms with Crippen LogP contribution >= 0.6 is 24.0 Å². The Morgan fingerprint density at radius 3 is 2.43 bits per heavy atom. The van der Waals surface area contributed by atoms with Gasteiger partial charge in [0.2, 0.25) is 10.0 Å². The Bertz CT molecular complexity index is 662. The Hall–Kier alpha value is -0.930. The van der Waals surface area contributed by atoms with Gasteiger partial charge in [0.05, 0.1) is 14.8 Å². The summed E-state index contributed by atoms with van der Waals surface area (Å²) < 4.78 is 26.1. The van der Waals surface area contributed by atoms with Crippen LogP contribution in [0.15, 0.2) is 17.0 Å². The zero-order chi connectivity index (χ0) is 15.1. The van der Waals surface area contributed by atoms with Gasteiger partial charge >= 0.3 is 0 Å². The molecule has 0 unspecified atom stereocenters. The Labute approximate surface area is 133 Å². The topological polar surface area (TPSA) is 92.6 Å². The minimum atomic E-state index is -3.79. The molecule has 0 spiro atoms. The minimum Gasteiger partial charge on any atom is -0.313 e. The number of likely N-dealkylation sites (N-methyl/N-ethyl adjacent to an activating group) is 1. The zero-order valence-corrected chi connectivity index (χ0v) is 13.8. The summed E-state index contributed by atoms with van der Waals surface area (Å²) in [4.78, 5) is 10.2. The lowest BCUT2D eigenvalue weighted by Gasteiger charge is -2.34. The number of rotatable bonds is 4. The number of nitro groups is 1. The van der Waals surface area contributed by atoms with Gasteiger partial charge < -0.3 is 5.32 Å². The van der Waals surface area contributed by atoms with Crippen molar-refractivity contribution in [1.82, 2.24) is 9.62 Å². The first-order valence-electron chi connectivity index (χ1n) is 5.88. The van der Waals surface area contributed by atoms with E-state index in [2.05, 4.69) is 5.32 Å². The molecule has 1 aromatic carbocycles. The fraction of sp³-hybridized carbons (Fsp3) is 0.455. The molecule has 1 aliphatic rings. The number of hydrogen-bond donors (Lipinski definition) is 1. The molecule has 1 saturated heterocycles. The first-order valence-corrected chi connectivity index (χ1v) is 7.70. The molecule has 0 saturated carbocycles. The summed E-state index contributed by atoms with van der Waals surface area (Å²) in [5, 5.41) is 14.0. The molecule has 1 heterocycles. The predicted molar refractivity (Wildman–Crippen MR) is 81.7 cm³/mol. The molecule has 1 fully saturated rings. The van der Waals surface area contributed by atoms with E-state index in [-0.39, 0.29) is 39.6 Å². The van der Waals surface area contributed by atoms with Crippen LogP contribution in [0.3, 0.4) is 0 Å². The van der Waals surface area contributed by atoms with Crippen LogP contribution in [0.25, 0.3) is 0 Å². The van der Waals surface area contributed by atoms with E-state index in [9.17, 15) is 18.5 Å². The van der Waals surface area contributed by atoms with E-state index < -0.39 is 14.9 Å². The van der Waals surface area contributed by atoms with E-state index in [4.69, 9.17) is 11.6 Å². The normalized spacial score (nSPS) is 15.4. The zero-order valence-electron chi connectivity index (χ0n) is 11.4. The smallest absolute Gasteiger partial charge is 0.275 e. The SMILES string of the molecule is Cc1c(Cl)cc(S(=O)(=O)N(C)C2CNC2)cc1[N+](=O)[O-].Cl. The van der Waals surface area contributed by atoms with Gasteiger partial charge in [-0.15, -0.1) is 12.4 Å². The molecule has 0 aliphatic carbocycles. The first kappa shape index (κ1) is 18.1. The highest BCUT2D eigenvalue weighted by atomic mass is 35.5. The number of nitrogens with zero attached hydrogens (tertiary/aromatic N) is 2. The van der Waals surface area contributed by atoms with Gasteiger partial charge in [0, 0.05) is 37.8 Å². The molecule has 1 aromatic rings. The number of benzene rings is 1. The van der Waals surface area contributed by atoms with Gasteiger partial charge in [-0.25, -0.2) is 8.42 Å². The van der Waals surface area contributed by atoms with Crippen LogP contribution in [-0.2, 0) is 10.0 Å². The summed E-state index contributed by atoms with van der Waals surface area (Å²) in [5.41, 5.74) is -0.0419. The maximum atomic E-state index is 12.4. The van der Waals surface area contributed by atoms with Crippen LogP contribution < -0.4 is 5.32 Å². The monoisotopic (exact) mass is 355 g/mol. The molecule has 0 amide bonds. The number of halogens is 2. The molecule has 0 bridgehead atoms. The highest BCUT2D eigenvalue weighted by Crippen LogP contribution is 2.31. The first-order chi connectivity index (χ1) is 9.25. The van der Waals surface area contributed by atoms with E-state index in [0.29, 0.717) is 13.1 Å². The molecule has 10 heteroatoms. The lowest BCUT2D eigenvalue weighted by atomic mass is 10.2. The van der Waals surface area contributed by atoms with Gasteiger partial charge in [0.1, 0.15) is 0 Å². The third-order valence-corrected chi connectivity index (χ3v) is 5.72. The Morgan fingerprint density at radius 1 is 1.43 bits per heavy atom. The molecule has 118 valence electrons. The van der Waals surface area contributed by atoms with Crippen molar-refractivity contribution in [2.75, 3.05) is 20.1 Å². The predicted octanol–water partition coefficient (Wildman–Crippen LogP) is 1.57. The van der Waals surface area contributed by atoms with Crippen LogP contribution in [0.5, 0.6) is 0 Å². The van der Waals surface area contributed by atoms with E-state index in [1.54, 1.807) is 0 Å². The van der Waals surface area contributed by atoms with Gasteiger partial charge in [0.15, 0.2) is 0 Å². The lowest BCUT2D eigenvalue weighted by Crippen LogP contribution is -2.57. The minimum absolute atomic E-state index is 0. The third kappa shape index (κ3) is 3.29. The molecule has 1 N–H and O–H groups in total. The van der Waals surface area contributed by atoms with Gasteiger partial charge in [0.25, 0.3) is 5.69 Å². The van der Waals surface area contributed by atoms with Gasteiger partial charge in [-0.1, -0.05) is 11.6 Å². The van der Waals surface area contributed by atoms with Gasteiger partial charge in [-0.3, -0.25) is 10.1 Å². The molecule has 0 atom stereocenters. The quantitative estimate of drug-likeness (QED) is 0.653. The van der Waals surface area contributed by atoms with E-state index in [1.165, 1.54) is 24.3 Å². The highest BCUT2D eigenvalue weighted by molar-refractivity contribution is 7.89. The van der Waals surface area contributed by atoms with Crippen LogP contribution in [0.1, 0.15) is 5.56 Å². The van der Waals surface area contributed by atoms with E-state index in [0.717, 1.165) is 6.07 Å². The Kier molecular flexibility index (Phi) is 5.57. The number of nitrogens with one attached hydrogen (secondary N) is 1. The fourth-order valence-corrected chi connectivity index (χ4v) is 3.55. The Morgan fingerprint density at radius 2 is 2.00 bits per heavy atom. The maximum absolute atomic E-state index is 12.4. The van der Waals surface area contributed by atoms with Crippen LogP contribution in [0.2, 0.25) is 5.02 Å². The average Bonchev–Trinajstić information content (AvgIpc) is 2.29. The largest absolute Gasteiger partial charge is 0.313 e. The van der Waals surface area contributed by atoms with Crippen LogP contribution in [0, 0.1) is 17.0 Å². The van der Waals surface area contributed by atoms with Crippen LogP contribution in [0.4, 0.5) is 5.69 Å². The highest BCUT2D eigenvalue weighted by Gasteiger charge is 2.33. The molecule has 0 radical (unpaired) electrons. The van der Waals surface area contributed by atoms with E-state index in [1.807, 2.05) is 0 Å². The summed E-state index contributed by atoms with van der Waals surface area (Å²) in [6, 6.07) is 2.17. The van der Waals surface area contributed by atoms with Gasteiger partial charge in [-0.2, -0.15) is 4.31 Å². The second-order valence-electron chi connectivity index (χ2n) is 4.64. The van der Waals surface area contributed by atoms with Crippen molar-refractivity contribution in [3.63, 3.8) is 0 Å². The van der Waals surface area contributed by atoms with Crippen molar-refractivity contribution in [3.05, 3.63) is 32.8 Å². The fourth-order valence-electron chi connectivity index (χ4n) is 1.87. The third-order valence-electron chi connectivity index (χ3n) is 3.44. The Balaban J connectivity index is 0.00000220. The second kappa shape index (κ2) is 6.45. The maximum Gasteiger partial charge on any atom is 0.275 e. The summed E-state index contributed by atoms with van der Waals surface area (Å²) >= 11 is 5.90. The number of nitro benzene ring substituents is 1. The standard InChI is InChI=1S/C11H14ClN3O4S.ClH/c1-7-10(12)3-9(4-11(7)15(16)17)20(18,19)14(2)8-5-13-6-8;/h3-4,8,13H,5-6H2,1-2H3;1H. The summed E-state index contributed by atoms with van der Waals surface area (Å²) in [5.74, 6) is 0. The second-order valence-corrected chi connectivity index (χ2v) is 7.04. The van der Waals surface area contributed by atoms with Crippen molar-refractivity contribution in [1.29, 1.82) is 0 Å². The molecular formula is C11H15Cl2N3O4S. The van der Waals surface area contributed by atoms with Crippen molar-refractivity contribution in [3.8, 4) is 0 Å². The van der Waals surface area contributed by atoms with Crippen molar-refractivity contribution in [2.24, 2.45) is 0 Å². The number of sulfonamides is 1. The molecule has 0 aromatic heterocycles. The molecule has 2 rings (SSSR count).